The quantitative estimate of drug-likeness (QED) is 0.189. The fourth-order valence-corrected chi connectivity index (χ4v) is 9.64. The van der Waals surface area contributed by atoms with Crippen molar-refractivity contribution in [3.63, 3.8) is 0 Å². The van der Waals surface area contributed by atoms with Gasteiger partial charge in [0.25, 0.3) is 0 Å². The van der Waals surface area contributed by atoms with Crippen molar-refractivity contribution in [2.75, 3.05) is 0 Å². The highest BCUT2D eigenvalue weighted by molar-refractivity contribution is 6.24. The molecule has 286 valence electrons. The third-order valence-corrected chi connectivity index (χ3v) is 12.3. The summed E-state index contributed by atoms with van der Waals surface area (Å²) in [6.45, 7) is 0. The summed E-state index contributed by atoms with van der Waals surface area (Å²) in [5.74, 6) is 1.39. The summed E-state index contributed by atoms with van der Waals surface area (Å²) in [7, 11) is 0. The second-order valence-corrected chi connectivity index (χ2v) is 15.8. The number of fused-ring (bicyclic) bond motifs is 10. The van der Waals surface area contributed by atoms with Gasteiger partial charge in [0.05, 0.1) is 33.1 Å². The highest BCUT2D eigenvalue weighted by Gasteiger charge is 2.27. The molecular formula is C55H35N5O. The summed E-state index contributed by atoms with van der Waals surface area (Å²) in [6.07, 6.45) is -0.393. The van der Waals surface area contributed by atoms with Gasteiger partial charge in [0, 0.05) is 43.7 Å². The molecule has 0 radical (unpaired) electrons. The summed E-state index contributed by atoms with van der Waals surface area (Å²) in [4.78, 5) is 10.9. The van der Waals surface area contributed by atoms with E-state index in [0.717, 1.165) is 88.7 Å². The van der Waals surface area contributed by atoms with E-state index in [9.17, 15) is 0 Å². The highest BCUT2D eigenvalue weighted by atomic mass is 16.3. The first-order valence-corrected chi connectivity index (χ1v) is 20.7. The molecule has 0 amide bonds. The van der Waals surface area contributed by atoms with Crippen molar-refractivity contribution < 1.29 is 4.42 Å². The van der Waals surface area contributed by atoms with Crippen molar-refractivity contribution in [2.24, 2.45) is 9.98 Å². The van der Waals surface area contributed by atoms with Gasteiger partial charge in [0.1, 0.15) is 23.2 Å². The summed E-state index contributed by atoms with van der Waals surface area (Å²) in [6, 6.07) is 70.8. The van der Waals surface area contributed by atoms with Gasteiger partial charge in [-0.3, -0.25) is 0 Å². The zero-order valence-electron chi connectivity index (χ0n) is 32.8. The summed E-state index contributed by atoms with van der Waals surface area (Å²) in [5.41, 5.74) is 11.2. The highest BCUT2D eigenvalue weighted by Crippen LogP contribution is 2.41. The van der Waals surface area contributed by atoms with Crippen LogP contribution >= 0.6 is 0 Å². The van der Waals surface area contributed by atoms with Gasteiger partial charge >= 0.3 is 0 Å². The fourth-order valence-electron chi connectivity index (χ4n) is 9.64. The van der Waals surface area contributed by atoms with E-state index in [1.54, 1.807) is 0 Å². The fraction of sp³-hybridized carbons (Fsp3) is 0.0182. The van der Waals surface area contributed by atoms with Crippen LogP contribution in [-0.4, -0.2) is 20.8 Å². The number of rotatable bonds is 5. The van der Waals surface area contributed by atoms with E-state index < -0.39 is 6.17 Å². The van der Waals surface area contributed by atoms with Crippen LogP contribution in [-0.2, 0) is 0 Å². The minimum absolute atomic E-state index is 0.393. The van der Waals surface area contributed by atoms with Crippen LogP contribution in [0.1, 0.15) is 22.9 Å². The van der Waals surface area contributed by atoms with Crippen molar-refractivity contribution in [1.29, 1.82) is 0 Å². The second-order valence-electron chi connectivity index (χ2n) is 15.8. The lowest BCUT2D eigenvalue weighted by atomic mass is 10.0. The van der Waals surface area contributed by atoms with Gasteiger partial charge in [-0.1, -0.05) is 140 Å². The molecule has 1 atom stereocenters. The Balaban J connectivity index is 1.09. The van der Waals surface area contributed by atoms with Crippen LogP contribution in [0.15, 0.2) is 215 Å². The third kappa shape index (κ3) is 5.15. The number of aromatic nitrogens is 2. The summed E-state index contributed by atoms with van der Waals surface area (Å²) in [5, 5.41) is 13.0. The average Bonchev–Trinajstić information content (AvgIpc) is 3.98. The number of para-hydroxylation sites is 4. The maximum Gasteiger partial charge on any atom is 0.160 e. The van der Waals surface area contributed by atoms with Crippen molar-refractivity contribution in [1.82, 2.24) is 14.5 Å². The molecule has 1 unspecified atom stereocenters. The van der Waals surface area contributed by atoms with Crippen LogP contribution in [0.2, 0.25) is 0 Å². The Morgan fingerprint density at radius 3 is 1.93 bits per heavy atom. The van der Waals surface area contributed by atoms with Crippen LogP contribution in [0.3, 0.4) is 0 Å². The van der Waals surface area contributed by atoms with Gasteiger partial charge in [-0.15, -0.1) is 0 Å². The summed E-state index contributed by atoms with van der Waals surface area (Å²) < 4.78 is 11.5. The van der Waals surface area contributed by atoms with E-state index in [-0.39, 0.29) is 0 Å². The molecular weight excluding hydrogens is 747 g/mol. The van der Waals surface area contributed by atoms with Crippen molar-refractivity contribution in [3.05, 3.63) is 217 Å². The second kappa shape index (κ2) is 13.1. The topological polar surface area (TPSA) is 59.8 Å². The standard InChI is InChI=1S/C55H35N5O/c1-3-16-34(17-4-1)53-56-54(58-55(57-53)42-25-15-28-46-51(42)40-23-10-13-27-45(40)59(46)38-20-5-2-6-21-38)37-32-48(52-41-24-11-14-29-49(41)61-50(52)33-37)60-44-26-12-9-22-39(44)43-30-35-18-7-8-19-36(35)31-47(43)60/h1-33,53H,(H,56,57,58). The normalized spacial score (nSPS) is 14.4. The molecule has 1 N–H and O–H groups in total. The van der Waals surface area contributed by atoms with Crippen molar-refractivity contribution in [3.8, 4) is 11.4 Å². The first-order chi connectivity index (χ1) is 30.2. The lowest BCUT2D eigenvalue weighted by molar-refractivity contribution is 0.666. The van der Waals surface area contributed by atoms with Crippen LogP contribution in [0.4, 0.5) is 0 Å². The Morgan fingerprint density at radius 2 is 1.11 bits per heavy atom. The number of aliphatic imine (C=N–C) groups is 2. The van der Waals surface area contributed by atoms with Gasteiger partial charge in [0.15, 0.2) is 5.84 Å². The monoisotopic (exact) mass is 781 g/mol. The van der Waals surface area contributed by atoms with E-state index in [1.165, 1.54) is 21.5 Å². The Morgan fingerprint density at radius 1 is 0.459 bits per heavy atom. The number of nitrogens with one attached hydrogen (secondary N) is 1. The molecule has 13 rings (SSSR count). The molecule has 6 heteroatoms. The molecule has 4 heterocycles. The lowest BCUT2D eigenvalue weighted by Crippen LogP contribution is -2.33. The van der Waals surface area contributed by atoms with Gasteiger partial charge in [0.2, 0.25) is 0 Å². The Labute approximate surface area is 349 Å². The van der Waals surface area contributed by atoms with Gasteiger partial charge in [-0.2, -0.15) is 0 Å². The minimum atomic E-state index is -0.393. The molecule has 1 aliphatic heterocycles. The molecule has 12 aromatic rings. The smallest absolute Gasteiger partial charge is 0.160 e. The molecule has 0 fully saturated rings. The largest absolute Gasteiger partial charge is 0.456 e. The van der Waals surface area contributed by atoms with E-state index in [2.05, 4.69) is 203 Å². The molecule has 6 nitrogen and oxygen atoms in total. The summed E-state index contributed by atoms with van der Waals surface area (Å²) >= 11 is 0. The average molecular weight is 782 g/mol. The van der Waals surface area contributed by atoms with E-state index >= 15 is 0 Å². The molecule has 1 aliphatic rings. The third-order valence-electron chi connectivity index (χ3n) is 12.3. The molecule has 0 spiro atoms. The van der Waals surface area contributed by atoms with Crippen LogP contribution in [0.25, 0.3) is 87.7 Å². The number of hydrogen-bond donors (Lipinski definition) is 1. The number of amidine groups is 2. The zero-order valence-corrected chi connectivity index (χ0v) is 32.8. The van der Waals surface area contributed by atoms with E-state index in [1.807, 2.05) is 12.1 Å². The molecule has 3 aromatic heterocycles. The molecule has 61 heavy (non-hydrogen) atoms. The molecule has 0 saturated heterocycles. The first-order valence-electron chi connectivity index (χ1n) is 20.7. The minimum Gasteiger partial charge on any atom is -0.456 e. The van der Waals surface area contributed by atoms with Crippen LogP contribution in [0, 0.1) is 0 Å². The lowest BCUT2D eigenvalue weighted by Gasteiger charge is -2.24. The Bertz CT molecular complexity index is 3800. The van der Waals surface area contributed by atoms with Crippen LogP contribution in [0.5, 0.6) is 0 Å². The number of nitrogens with zero attached hydrogens (tertiary/aromatic N) is 4. The molecule has 9 aromatic carbocycles. The predicted octanol–water partition coefficient (Wildman–Crippen LogP) is 13.4. The Kier molecular flexibility index (Phi) is 7.27. The van der Waals surface area contributed by atoms with Gasteiger partial charge < -0.3 is 18.9 Å². The van der Waals surface area contributed by atoms with E-state index in [0.29, 0.717) is 5.84 Å². The molecule has 0 saturated carbocycles. The van der Waals surface area contributed by atoms with Crippen LogP contribution < -0.4 is 5.32 Å². The molecule has 0 bridgehead atoms. The van der Waals surface area contributed by atoms with Crippen molar-refractivity contribution in [2.45, 2.75) is 6.17 Å². The maximum atomic E-state index is 6.76. The number of furan rings is 1. The molecule has 0 aliphatic carbocycles. The van der Waals surface area contributed by atoms with Gasteiger partial charge in [-0.05, 0) is 77.0 Å². The Hall–Kier alpha value is -8.22. The predicted molar refractivity (Wildman–Crippen MR) is 252 cm³/mol. The van der Waals surface area contributed by atoms with Crippen molar-refractivity contribution >= 4 is 88.0 Å². The van der Waals surface area contributed by atoms with E-state index in [4.69, 9.17) is 14.4 Å². The number of hydrogen-bond acceptors (Lipinski definition) is 4. The first kappa shape index (κ1) is 33.7. The van der Waals surface area contributed by atoms with Gasteiger partial charge in [-0.25, -0.2) is 9.98 Å². The number of benzene rings is 9. The SMILES string of the molecule is c1ccc(C2N=C(c3cccc4c3c3ccccc3n4-c3ccccc3)N=C(c3cc(-n4c5ccccc5c5cc6ccccc6cc54)c4c(c3)oc3ccccc34)N2)cc1. The maximum absolute atomic E-state index is 6.76. The zero-order chi connectivity index (χ0) is 40.0.